The lowest BCUT2D eigenvalue weighted by molar-refractivity contribution is 0.346. The van der Waals surface area contributed by atoms with Crippen molar-refractivity contribution in [2.24, 2.45) is 4.99 Å². The quantitative estimate of drug-likeness (QED) is 0.591. The maximum absolute atomic E-state index is 9.41. The smallest absolute Gasteiger partial charge is 0.282 e. The van der Waals surface area contributed by atoms with Gasteiger partial charge in [-0.05, 0) is 29.3 Å². The molecule has 2 aromatic carbocycles. The van der Waals surface area contributed by atoms with E-state index < -0.39 is 0 Å². The lowest BCUT2D eigenvalue weighted by atomic mass is 10.1. The zero-order chi connectivity index (χ0) is 15.6. The van der Waals surface area contributed by atoms with E-state index in [4.69, 9.17) is 4.42 Å². The number of aromatic amines is 1. The molecular formula is C18H14N2O2S. The lowest BCUT2D eigenvalue weighted by Crippen LogP contribution is -1.99. The molecule has 0 aliphatic carbocycles. The van der Waals surface area contributed by atoms with E-state index in [1.54, 1.807) is 17.4 Å². The van der Waals surface area contributed by atoms with Crippen molar-refractivity contribution in [1.82, 2.24) is 4.98 Å². The average molecular weight is 322 g/mol. The van der Waals surface area contributed by atoms with E-state index in [-0.39, 0.29) is 5.95 Å². The largest absolute Gasteiger partial charge is 0.481 e. The van der Waals surface area contributed by atoms with Crippen LogP contribution in [0.5, 0.6) is 5.95 Å². The number of aromatic hydroxyl groups is 1. The van der Waals surface area contributed by atoms with Gasteiger partial charge in [-0.25, -0.2) is 0 Å². The Morgan fingerprint density at radius 2 is 1.96 bits per heavy atom. The molecular weight excluding hydrogens is 308 g/mol. The van der Waals surface area contributed by atoms with Crippen LogP contribution in [0.15, 0.2) is 69.4 Å². The second kappa shape index (κ2) is 5.78. The van der Waals surface area contributed by atoms with Crippen LogP contribution >= 0.6 is 11.3 Å². The standard InChI is InChI=1S/C18H14N2O2S/c21-17-9-14-8-13(6-7-16(14)22-17)15-11-23-18(20-15)19-10-12-4-2-1-3-5-12/h1-9,11,21H,10H2,(H,19,20). The third-order valence-electron chi connectivity index (χ3n) is 3.59. The molecule has 4 nitrogen and oxygen atoms in total. The predicted octanol–water partition coefficient (Wildman–Crippen LogP) is 4.30. The molecule has 0 unspecified atom stereocenters. The van der Waals surface area contributed by atoms with Crippen LogP contribution in [0.3, 0.4) is 0 Å². The Morgan fingerprint density at radius 3 is 2.83 bits per heavy atom. The molecule has 114 valence electrons. The first-order valence-corrected chi connectivity index (χ1v) is 8.11. The Bertz CT molecular complexity index is 1010. The van der Waals surface area contributed by atoms with E-state index in [1.165, 1.54) is 5.56 Å². The van der Waals surface area contributed by atoms with Crippen molar-refractivity contribution < 1.29 is 9.52 Å². The van der Waals surface area contributed by atoms with Gasteiger partial charge in [0.05, 0.1) is 12.2 Å². The van der Waals surface area contributed by atoms with Crippen LogP contribution in [0.25, 0.3) is 22.2 Å². The van der Waals surface area contributed by atoms with Gasteiger partial charge in [0.1, 0.15) is 5.58 Å². The molecule has 0 spiro atoms. The summed E-state index contributed by atoms with van der Waals surface area (Å²) in [6, 6.07) is 17.6. The summed E-state index contributed by atoms with van der Waals surface area (Å²) in [4.78, 5) is 8.81. The second-order valence-electron chi connectivity index (χ2n) is 5.22. The monoisotopic (exact) mass is 322 g/mol. The van der Waals surface area contributed by atoms with Gasteiger partial charge >= 0.3 is 0 Å². The highest BCUT2D eigenvalue weighted by Crippen LogP contribution is 2.28. The Labute approximate surface area is 136 Å². The van der Waals surface area contributed by atoms with Crippen molar-refractivity contribution >= 4 is 22.3 Å². The Kier molecular flexibility index (Phi) is 3.48. The van der Waals surface area contributed by atoms with Crippen molar-refractivity contribution in [3.63, 3.8) is 0 Å². The molecule has 0 fully saturated rings. The molecule has 0 amide bonds. The predicted molar refractivity (Wildman–Crippen MR) is 91.3 cm³/mol. The number of rotatable bonds is 3. The number of nitrogens with one attached hydrogen (secondary N) is 1. The van der Waals surface area contributed by atoms with E-state index in [1.807, 2.05) is 41.8 Å². The van der Waals surface area contributed by atoms with Gasteiger partial charge in [-0.1, -0.05) is 30.3 Å². The summed E-state index contributed by atoms with van der Waals surface area (Å²) in [6.45, 7) is 0.659. The van der Waals surface area contributed by atoms with Crippen molar-refractivity contribution in [1.29, 1.82) is 0 Å². The summed E-state index contributed by atoms with van der Waals surface area (Å²) in [5.74, 6) is -0.0648. The molecule has 0 radical (unpaired) electrons. The summed E-state index contributed by atoms with van der Waals surface area (Å²) in [5, 5.41) is 12.3. The molecule has 0 atom stereocenters. The zero-order valence-electron chi connectivity index (χ0n) is 12.2. The number of thiazole rings is 1. The highest BCUT2D eigenvalue weighted by atomic mass is 32.1. The normalized spacial score (nSPS) is 12.1. The molecule has 4 rings (SSSR count). The van der Waals surface area contributed by atoms with Gasteiger partial charge in [0.2, 0.25) is 0 Å². The van der Waals surface area contributed by atoms with Crippen LogP contribution in [0.2, 0.25) is 0 Å². The van der Waals surface area contributed by atoms with Gasteiger partial charge < -0.3 is 14.5 Å². The first kappa shape index (κ1) is 13.8. The van der Waals surface area contributed by atoms with Crippen molar-refractivity contribution in [3.05, 3.63) is 70.3 Å². The summed E-state index contributed by atoms with van der Waals surface area (Å²) >= 11 is 1.58. The first-order valence-electron chi connectivity index (χ1n) is 7.23. The number of H-pyrrole nitrogens is 1. The minimum absolute atomic E-state index is 0.0648. The topological polar surface area (TPSA) is 61.5 Å². The van der Waals surface area contributed by atoms with Gasteiger partial charge in [0.25, 0.3) is 5.95 Å². The number of aromatic nitrogens is 1. The molecule has 0 bridgehead atoms. The summed E-state index contributed by atoms with van der Waals surface area (Å²) in [7, 11) is 0. The molecule has 2 heterocycles. The molecule has 4 aromatic rings. The third-order valence-corrected chi connectivity index (χ3v) is 4.40. The maximum atomic E-state index is 9.41. The van der Waals surface area contributed by atoms with Crippen LogP contribution < -0.4 is 4.80 Å². The Hall–Kier alpha value is -2.79. The number of hydrogen-bond acceptors (Lipinski definition) is 4. The van der Waals surface area contributed by atoms with E-state index in [0.29, 0.717) is 12.1 Å². The Morgan fingerprint density at radius 1 is 1.09 bits per heavy atom. The van der Waals surface area contributed by atoms with Crippen LogP contribution in [-0.2, 0) is 6.54 Å². The van der Waals surface area contributed by atoms with Gasteiger partial charge in [-0.3, -0.25) is 4.99 Å². The van der Waals surface area contributed by atoms with Crippen molar-refractivity contribution in [2.45, 2.75) is 6.54 Å². The zero-order valence-corrected chi connectivity index (χ0v) is 13.0. The van der Waals surface area contributed by atoms with Crippen LogP contribution in [0, 0.1) is 0 Å². The second-order valence-corrected chi connectivity index (χ2v) is 6.08. The van der Waals surface area contributed by atoms with E-state index in [0.717, 1.165) is 21.4 Å². The molecule has 0 saturated carbocycles. The van der Waals surface area contributed by atoms with Crippen LogP contribution in [0.1, 0.15) is 5.56 Å². The summed E-state index contributed by atoms with van der Waals surface area (Å²) in [5.41, 5.74) is 3.90. The van der Waals surface area contributed by atoms with E-state index in [9.17, 15) is 5.11 Å². The number of nitrogens with zero attached hydrogens (tertiary/aromatic N) is 1. The highest BCUT2D eigenvalue weighted by molar-refractivity contribution is 7.07. The van der Waals surface area contributed by atoms with Crippen molar-refractivity contribution in [2.75, 3.05) is 0 Å². The summed E-state index contributed by atoms with van der Waals surface area (Å²) in [6.07, 6.45) is 0. The minimum Gasteiger partial charge on any atom is -0.481 e. The molecule has 23 heavy (non-hydrogen) atoms. The first-order chi connectivity index (χ1) is 11.3. The SMILES string of the molecule is Oc1cc2cc(-c3csc(=NCc4ccccc4)[nH]3)ccc2o1. The molecule has 0 aliphatic heterocycles. The molecule has 0 aliphatic rings. The van der Waals surface area contributed by atoms with E-state index >= 15 is 0 Å². The van der Waals surface area contributed by atoms with Gasteiger partial charge in [-0.15, -0.1) is 11.3 Å². The Balaban J connectivity index is 1.63. The number of furan rings is 1. The third kappa shape index (κ3) is 2.91. The fourth-order valence-electron chi connectivity index (χ4n) is 2.45. The molecule has 5 heteroatoms. The van der Waals surface area contributed by atoms with Gasteiger partial charge in [0, 0.05) is 16.8 Å². The number of benzene rings is 2. The summed E-state index contributed by atoms with van der Waals surface area (Å²) < 4.78 is 5.18. The van der Waals surface area contributed by atoms with Crippen LogP contribution in [0.4, 0.5) is 0 Å². The fourth-order valence-corrected chi connectivity index (χ4v) is 3.18. The van der Waals surface area contributed by atoms with Gasteiger partial charge in [0.15, 0.2) is 4.80 Å². The number of fused-ring (bicyclic) bond motifs is 1. The average Bonchev–Trinajstić information content (AvgIpc) is 3.18. The highest BCUT2D eigenvalue weighted by Gasteiger charge is 2.05. The minimum atomic E-state index is -0.0648. The molecule has 2 aromatic heterocycles. The van der Waals surface area contributed by atoms with Gasteiger partial charge in [-0.2, -0.15) is 0 Å². The fraction of sp³-hybridized carbons (Fsp3) is 0.0556. The maximum Gasteiger partial charge on any atom is 0.282 e. The number of hydrogen-bond donors (Lipinski definition) is 2. The van der Waals surface area contributed by atoms with Crippen LogP contribution in [-0.4, -0.2) is 10.1 Å². The molecule has 2 N–H and O–H groups in total. The van der Waals surface area contributed by atoms with E-state index in [2.05, 4.69) is 22.1 Å². The lowest BCUT2D eigenvalue weighted by Gasteiger charge is -1.96. The molecule has 0 saturated heterocycles. The van der Waals surface area contributed by atoms with Crippen molar-refractivity contribution in [3.8, 4) is 17.2 Å².